The first-order chi connectivity index (χ1) is 8.53. The predicted octanol–water partition coefficient (Wildman–Crippen LogP) is 2.10. The van der Waals surface area contributed by atoms with E-state index in [1.54, 1.807) is 0 Å². The second kappa shape index (κ2) is 7.46. The van der Waals surface area contributed by atoms with Crippen molar-refractivity contribution < 1.29 is 5.11 Å². The van der Waals surface area contributed by atoms with Crippen molar-refractivity contribution in [3.05, 3.63) is 0 Å². The molecule has 1 fully saturated rings. The number of nitrogens with zero attached hydrogens (tertiary/aromatic N) is 1. The molecule has 3 nitrogen and oxygen atoms in total. The number of likely N-dealkylation sites (N-methyl/N-ethyl adjacent to an activating group) is 1. The number of hydrogen-bond donors (Lipinski definition) is 2. The second-order valence-electron chi connectivity index (χ2n) is 6.43. The molecule has 2 N–H and O–H groups in total. The normalized spacial score (nSPS) is 30.7. The van der Waals surface area contributed by atoms with E-state index >= 15 is 0 Å². The Labute approximate surface area is 113 Å². The predicted molar refractivity (Wildman–Crippen MR) is 77.8 cm³/mol. The SMILES string of the molecule is CCNCC1(CN(C)C(C)CO)CCCC(C)C1. The van der Waals surface area contributed by atoms with Crippen LogP contribution in [0.15, 0.2) is 0 Å². The van der Waals surface area contributed by atoms with Crippen LogP contribution in [0.2, 0.25) is 0 Å². The summed E-state index contributed by atoms with van der Waals surface area (Å²) in [4.78, 5) is 2.33. The molecule has 0 amide bonds. The number of aliphatic hydroxyl groups is 1. The Morgan fingerprint density at radius 1 is 1.50 bits per heavy atom. The van der Waals surface area contributed by atoms with Crippen molar-refractivity contribution in [2.45, 2.75) is 52.5 Å². The molecule has 0 saturated heterocycles. The van der Waals surface area contributed by atoms with Crippen LogP contribution in [-0.4, -0.2) is 49.3 Å². The Balaban J connectivity index is 2.64. The summed E-state index contributed by atoms with van der Waals surface area (Å²) in [5, 5.41) is 12.8. The van der Waals surface area contributed by atoms with Crippen LogP contribution in [0.4, 0.5) is 0 Å². The van der Waals surface area contributed by atoms with Crippen molar-refractivity contribution in [1.29, 1.82) is 0 Å². The van der Waals surface area contributed by atoms with Crippen LogP contribution in [0, 0.1) is 11.3 Å². The highest BCUT2D eigenvalue weighted by molar-refractivity contribution is 4.90. The van der Waals surface area contributed by atoms with Crippen molar-refractivity contribution in [2.24, 2.45) is 11.3 Å². The van der Waals surface area contributed by atoms with E-state index in [1.807, 2.05) is 0 Å². The highest BCUT2D eigenvalue weighted by Gasteiger charge is 2.36. The molecule has 0 spiro atoms. The maximum absolute atomic E-state index is 9.29. The first-order valence-corrected chi connectivity index (χ1v) is 7.55. The van der Waals surface area contributed by atoms with E-state index < -0.39 is 0 Å². The van der Waals surface area contributed by atoms with Crippen LogP contribution in [0.3, 0.4) is 0 Å². The van der Waals surface area contributed by atoms with Gasteiger partial charge in [-0.2, -0.15) is 0 Å². The van der Waals surface area contributed by atoms with E-state index in [1.165, 1.54) is 25.7 Å². The fourth-order valence-corrected chi connectivity index (χ4v) is 3.34. The fraction of sp³-hybridized carbons (Fsp3) is 1.00. The molecule has 1 aliphatic rings. The smallest absolute Gasteiger partial charge is 0.0584 e. The van der Waals surface area contributed by atoms with Crippen LogP contribution in [0.1, 0.15) is 46.5 Å². The van der Waals surface area contributed by atoms with E-state index in [4.69, 9.17) is 0 Å². The third kappa shape index (κ3) is 4.52. The van der Waals surface area contributed by atoms with Gasteiger partial charge in [-0.05, 0) is 44.7 Å². The molecule has 3 atom stereocenters. The van der Waals surface area contributed by atoms with Gasteiger partial charge in [-0.3, -0.25) is 0 Å². The maximum Gasteiger partial charge on any atom is 0.0584 e. The van der Waals surface area contributed by atoms with Crippen molar-refractivity contribution in [2.75, 3.05) is 33.3 Å². The summed E-state index contributed by atoms with van der Waals surface area (Å²) in [7, 11) is 2.15. The van der Waals surface area contributed by atoms with Crippen LogP contribution >= 0.6 is 0 Å². The first-order valence-electron chi connectivity index (χ1n) is 7.55. The van der Waals surface area contributed by atoms with Gasteiger partial charge in [-0.25, -0.2) is 0 Å². The van der Waals surface area contributed by atoms with Crippen molar-refractivity contribution >= 4 is 0 Å². The van der Waals surface area contributed by atoms with Gasteiger partial charge in [-0.15, -0.1) is 0 Å². The molecule has 0 aliphatic heterocycles. The molecule has 1 aliphatic carbocycles. The molecule has 1 rings (SSSR count). The van der Waals surface area contributed by atoms with Gasteiger partial charge >= 0.3 is 0 Å². The maximum atomic E-state index is 9.29. The molecule has 0 aromatic heterocycles. The molecule has 0 aromatic carbocycles. The van der Waals surface area contributed by atoms with Gasteiger partial charge in [0.1, 0.15) is 0 Å². The van der Waals surface area contributed by atoms with Crippen LogP contribution in [0.5, 0.6) is 0 Å². The van der Waals surface area contributed by atoms with E-state index in [9.17, 15) is 5.11 Å². The number of aliphatic hydroxyl groups excluding tert-OH is 1. The topological polar surface area (TPSA) is 35.5 Å². The molecule has 0 radical (unpaired) electrons. The van der Waals surface area contributed by atoms with Gasteiger partial charge in [0, 0.05) is 19.1 Å². The van der Waals surface area contributed by atoms with E-state index in [0.717, 1.165) is 25.6 Å². The zero-order valence-corrected chi connectivity index (χ0v) is 12.7. The first kappa shape index (κ1) is 15.9. The van der Waals surface area contributed by atoms with Crippen molar-refractivity contribution in [3.8, 4) is 0 Å². The average Bonchev–Trinajstić information content (AvgIpc) is 2.35. The Morgan fingerprint density at radius 3 is 2.78 bits per heavy atom. The number of hydrogen-bond acceptors (Lipinski definition) is 3. The number of nitrogens with one attached hydrogen (secondary N) is 1. The average molecular weight is 256 g/mol. The van der Waals surface area contributed by atoms with Gasteiger partial charge in [0.05, 0.1) is 6.61 Å². The molecule has 0 heterocycles. The molecule has 18 heavy (non-hydrogen) atoms. The third-order valence-corrected chi connectivity index (χ3v) is 4.54. The van der Waals surface area contributed by atoms with Gasteiger partial charge in [-0.1, -0.05) is 26.7 Å². The van der Waals surface area contributed by atoms with E-state index in [0.29, 0.717) is 5.41 Å². The molecule has 1 saturated carbocycles. The summed E-state index contributed by atoms with van der Waals surface area (Å²) in [6, 6.07) is 0.265. The zero-order chi connectivity index (χ0) is 13.6. The molecule has 0 bridgehead atoms. The van der Waals surface area contributed by atoms with E-state index in [-0.39, 0.29) is 12.6 Å². The lowest BCUT2D eigenvalue weighted by Crippen LogP contribution is -2.48. The lowest BCUT2D eigenvalue weighted by Gasteiger charge is -2.44. The largest absolute Gasteiger partial charge is 0.395 e. The quantitative estimate of drug-likeness (QED) is 0.732. The standard InChI is InChI=1S/C15H32N2O/c1-5-16-11-15(8-6-7-13(2)9-15)12-17(4)14(3)10-18/h13-14,16,18H,5-12H2,1-4H3. The highest BCUT2D eigenvalue weighted by atomic mass is 16.3. The lowest BCUT2D eigenvalue weighted by atomic mass is 9.69. The van der Waals surface area contributed by atoms with Crippen LogP contribution in [-0.2, 0) is 0 Å². The third-order valence-electron chi connectivity index (χ3n) is 4.54. The van der Waals surface area contributed by atoms with Crippen molar-refractivity contribution in [3.63, 3.8) is 0 Å². The fourth-order valence-electron chi connectivity index (χ4n) is 3.34. The summed E-state index contributed by atoms with van der Waals surface area (Å²) in [6.45, 7) is 10.2. The Kier molecular flexibility index (Phi) is 6.61. The van der Waals surface area contributed by atoms with Gasteiger partial charge in [0.25, 0.3) is 0 Å². The highest BCUT2D eigenvalue weighted by Crippen LogP contribution is 2.39. The molecular weight excluding hydrogens is 224 g/mol. The number of rotatable bonds is 7. The summed E-state index contributed by atoms with van der Waals surface area (Å²) < 4.78 is 0. The molecular formula is C15H32N2O. The molecule has 3 heteroatoms. The summed E-state index contributed by atoms with van der Waals surface area (Å²) in [5.41, 5.74) is 0.409. The van der Waals surface area contributed by atoms with Gasteiger partial charge in [0.2, 0.25) is 0 Å². The summed E-state index contributed by atoms with van der Waals surface area (Å²) in [5.74, 6) is 0.843. The minimum atomic E-state index is 0.253. The lowest BCUT2D eigenvalue weighted by molar-refractivity contribution is 0.0602. The van der Waals surface area contributed by atoms with Crippen LogP contribution < -0.4 is 5.32 Å². The summed E-state index contributed by atoms with van der Waals surface area (Å²) >= 11 is 0. The van der Waals surface area contributed by atoms with Gasteiger partial charge in [0.15, 0.2) is 0 Å². The minimum Gasteiger partial charge on any atom is -0.395 e. The Hall–Kier alpha value is -0.120. The Morgan fingerprint density at radius 2 is 2.22 bits per heavy atom. The second-order valence-corrected chi connectivity index (χ2v) is 6.43. The van der Waals surface area contributed by atoms with Crippen molar-refractivity contribution in [1.82, 2.24) is 10.2 Å². The zero-order valence-electron chi connectivity index (χ0n) is 12.7. The minimum absolute atomic E-state index is 0.253. The molecule has 3 unspecified atom stereocenters. The van der Waals surface area contributed by atoms with Crippen LogP contribution in [0.25, 0.3) is 0 Å². The monoisotopic (exact) mass is 256 g/mol. The molecule has 0 aromatic rings. The molecule has 108 valence electrons. The van der Waals surface area contributed by atoms with E-state index in [2.05, 4.69) is 38.0 Å². The summed E-state index contributed by atoms with van der Waals surface area (Å²) in [6.07, 6.45) is 5.39. The van der Waals surface area contributed by atoms with Gasteiger partial charge < -0.3 is 15.3 Å². The Bertz CT molecular complexity index is 235.